The van der Waals surface area contributed by atoms with Crippen LogP contribution in [-0.4, -0.2) is 59.3 Å². The number of benzene rings is 1. The molecule has 0 saturated carbocycles. The largest absolute Gasteiger partial charge is 0.490 e. The molecule has 1 atom stereocenters. The summed E-state index contributed by atoms with van der Waals surface area (Å²) in [6.45, 7) is -1.00. The average Bonchev–Trinajstić information content (AvgIpc) is 2.96. The summed E-state index contributed by atoms with van der Waals surface area (Å²) in [5, 5.41) is 19.6. The maximum atomic E-state index is 13.9. The number of likely N-dealkylation sites (tertiary alicyclic amines) is 1. The highest BCUT2D eigenvalue weighted by Gasteiger charge is 2.46. The van der Waals surface area contributed by atoms with E-state index in [0.717, 1.165) is 4.90 Å². The number of alkyl halides is 1. The van der Waals surface area contributed by atoms with Crippen molar-refractivity contribution in [2.75, 3.05) is 26.8 Å². The minimum atomic E-state index is -2.44. The molecule has 1 fully saturated rings. The molecular formula is C14H15FN2O7. The predicted molar refractivity (Wildman–Crippen MR) is 77.8 cm³/mol. The Morgan fingerprint density at radius 3 is 2.75 bits per heavy atom. The van der Waals surface area contributed by atoms with Gasteiger partial charge in [0.2, 0.25) is 11.4 Å². The zero-order valence-electron chi connectivity index (χ0n) is 12.7. The molecule has 24 heavy (non-hydrogen) atoms. The molecule has 1 unspecified atom stereocenters. The number of hydrogen-bond acceptors (Lipinski definition) is 6. The highest BCUT2D eigenvalue weighted by atomic mass is 19.1. The van der Waals surface area contributed by atoms with Crippen LogP contribution in [0.2, 0.25) is 0 Å². The smallest absolute Gasteiger partial charge is 0.343 e. The number of nitro benzene ring substituents is 1. The summed E-state index contributed by atoms with van der Waals surface area (Å²) in [6, 6.07) is 3.73. The lowest BCUT2D eigenvalue weighted by Crippen LogP contribution is -2.40. The van der Waals surface area contributed by atoms with Gasteiger partial charge in [-0.1, -0.05) is 0 Å². The Morgan fingerprint density at radius 1 is 1.50 bits per heavy atom. The number of hydrogen-bond donors (Lipinski definition) is 1. The van der Waals surface area contributed by atoms with Crippen molar-refractivity contribution in [1.29, 1.82) is 0 Å². The lowest BCUT2D eigenvalue weighted by Gasteiger charge is -2.18. The molecule has 1 amide bonds. The van der Waals surface area contributed by atoms with Crippen LogP contribution in [0.25, 0.3) is 0 Å². The van der Waals surface area contributed by atoms with Crippen LogP contribution < -0.4 is 9.47 Å². The maximum absolute atomic E-state index is 13.9. The molecule has 0 spiro atoms. The van der Waals surface area contributed by atoms with Gasteiger partial charge in [0.25, 0.3) is 5.91 Å². The molecule has 0 aliphatic carbocycles. The first kappa shape index (κ1) is 17.4. The van der Waals surface area contributed by atoms with Crippen LogP contribution >= 0.6 is 0 Å². The van der Waals surface area contributed by atoms with Crippen LogP contribution in [0.4, 0.5) is 10.1 Å². The fraction of sp³-hybridized carbons (Fsp3) is 0.429. The molecule has 1 aromatic rings. The summed E-state index contributed by atoms with van der Waals surface area (Å²) in [4.78, 5) is 34.0. The van der Waals surface area contributed by atoms with E-state index >= 15 is 0 Å². The second kappa shape index (κ2) is 6.69. The first-order chi connectivity index (χ1) is 11.3. The summed E-state index contributed by atoms with van der Waals surface area (Å²) in [5.41, 5.74) is -2.69. The number of nitro groups is 1. The van der Waals surface area contributed by atoms with E-state index in [9.17, 15) is 24.1 Å². The van der Waals surface area contributed by atoms with Crippen molar-refractivity contribution >= 4 is 17.6 Å². The van der Waals surface area contributed by atoms with Gasteiger partial charge < -0.3 is 19.5 Å². The zero-order chi connectivity index (χ0) is 17.9. The summed E-state index contributed by atoms with van der Waals surface area (Å²) < 4.78 is 24.0. The lowest BCUT2D eigenvalue weighted by atomic mass is 10.1. The summed E-state index contributed by atoms with van der Waals surface area (Å²) in [7, 11) is 1.26. The quantitative estimate of drug-likeness (QED) is 0.605. The fourth-order valence-electron chi connectivity index (χ4n) is 2.30. The van der Waals surface area contributed by atoms with Gasteiger partial charge in [-0.2, -0.15) is 0 Å². The molecule has 2 rings (SSSR count). The van der Waals surface area contributed by atoms with Crippen molar-refractivity contribution in [3.05, 3.63) is 28.3 Å². The third-order valence-electron chi connectivity index (χ3n) is 3.67. The van der Waals surface area contributed by atoms with E-state index in [1.165, 1.54) is 25.3 Å². The number of carboxylic acid groups (broad SMARTS) is 1. The number of ether oxygens (including phenoxy) is 2. The molecule has 130 valence electrons. The van der Waals surface area contributed by atoms with Crippen LogP contribution in [0.1, 0.15) is 6.42 Å². The zero-order valence-corrected chi connectivity index (χ0v) is 12.7. The number of carbonyl (C=O) groups is 2. The summed E-state index contributed by atoms with van der Waals surface area (Å²) >= 11 is 0. The number of amides is 1. The minimum absolute atomic E-state index is 0.0193. The van der Waals surface area contributed by atoms with Gasteiger partial charge >= 0.3 is 11.7 Å². The van der Waals surface area contributed by atoms with Crippen LogP contribution in [0, 0.1) is 10.1 Å². The molecule has 10 heteroatoms. The second-order valence-electron chi connectivity index (χ2n) is 5.22. The molecule has 1 N–H and O–H groups in total. The maximum Gasteiger partial charge on any atom is 0.343 e. The van der Waals surface area contributed by atoms with Gasteiger partial charge in [-0.3, -0.25) is 14.9 Å². The van der Waals surface area contributed by atoms with Gasteiger partial charge in [-0.25, -0.2) is 9.18 Å². The minimum Gasteiger partial charge on any atom is -0.490 e. The molecule has 1 aliphatic heterocycles. The van der Waals surface area contributed by atoms with E-state index in [1.807, 2.05) is 0 Å². The van der Waals surface area contributed by atoms with Crippen LogP contribution in [0.15, 0.2) is 18.2 Å². The highest BCUT2D eigenvalue weighted by molar-refractivity contribution is 5.83. The number of carbonyl (C=O) groups excluding carboxylic acids is 1. The third kappa shape index (κ3) is 3.53. The van der Waals surface area contributed by atoms with Crippen molar-refractivity contribution in [3.63, 3.8) is 0 Å². The van der Waals surface area contributed by atoms with E-state index in [1.54, 1.807) is 0 Å². The standard InChI is InChI=1S/C14H15FN2O7/c1-23-11-6-9(2-3-10(11)17(21)22)24-7-12(18)16-5-4-14(15,8-16)13(19)20/h2-3,6H,4-5,7-8H2,1H3,(H,19,20). The highest BCUT2D eigenvalue weighted by Crippen LogP contribution is 2.31. The monoisotopic (exact) mass is 342 g/mol. The normalized spacial score (nSPS) is 19.8. The molecule has 0 aromatic heterocycles. The molecular weight excluding hydrogens is 327 g/mol. The molecule has 1 aliphatic rings. The Hall–Kier alpha value is -2.91. The molecule has 0 radical (unpaired) electrons. The molecule has 9 nitrogen and oxygen atoms in total. The Kier molecular flexibility index (Phi) is 4.86. The van der Waals surface area contributed by atoms with Gasteiger partial charge in [-0.05, 0) is 6.07 Å². The van der Waals surface area contributed by atoms with Gasteiger partial charge in [0.1, 0.15) is 5.75 Å². The van der Waals surface area contributed by atoms with Crippen LogP contribution in [0.3, 0.4) is 0 Å². The Labute approximate surface area is 135 Å². The SMILES string of the molecule is COc1cc(OCC(=O)N2CCC(F)(C(=O)O)C2)ccc1[N+](=O)[O-]. The van der Waals surface area contributed by atoms with Gasteiger partial charge in [0.15, 0.2) is 6.61 Å². The van der Waals surface area contributed by atoms with E-state index in [2.05, 4.69) is 0 Å². The van der Waals surface area contributed by atoms with Gasteiger partial charge in [0, 0.05) is 25.1 Å². The first-order valence-electron chi connectivity index (χ1n) is 6.92. The Balaban J connectivity index is 1.98. The lowest BCUT2D eigenvalue weighted by molar-refractivity contribution is -0.385. The fourth-order valence-corrected chi connectivity index (χ4v) is 2.30. The number of rotatable bonds is 6. The predicted octanol–water partition coefficient (Wildman–Crippen LogP) is 1.01. The van der Waals surface area contributed by atoms with E-state index in [0.29, 0.717) is 0 Å². The van der Waals surface area contributed by atoms with Gasteiger partial charge in [0.05, 0.1) is 18.6 Å². The van der Waals surface area contributed by atoms with Crippen LogP contribution in [-0.2, 0) is 9.59 Å². The van der Waals surface area contributed by atoms with Crippen molar-refractivity contribution in [3.8, 4) is 11.5 Å². The third-order valence-corrected chi connectivity index (χ3v) is 3.67. The van der Waals surface area contributed by atoms with Crippen molar-refractivity contribution < 1.29 is 33.5 Å². The van der Waals surface area contributed by atoms with E-state index < -0.39 is 35.6 Å². The summed E-state index contributed by atoms with van der Waals surface area (Å²) in [6.07, 6.45) is -0.278. The molecule has 1 heterocycles. The Bertz CT molecular complexity index is 681. The van der Waals surface area contributed by atoms with E-state index in [-0.39, 0.29) is 30.2 Å². The topological polar surface area (TPSA) is 119 Å². The molecule has 1 saturated heterocycles. The van der Waals surface area contributed by atoms with Gasteiger partial charge in [-0.15, -0.1) is 0 Å². The number of methoxy groups -OCH3 is 1. The van der Waals surface area contributed by atoms with Crippen molar-refractivity contribution in [2.45, 2.75) is 12.1 Å². The first-order valence-corrected chi connectivity index (χ1v) is 6.92. The molecule has 1 aromatic carbocycles. The van der Waals surface area contributed by atoms with Crippen LogP contribution in [0.5, 0.6) is 11.5 Å². The second-order valence-corrected chi connectivity index (χ2v) is 5.22. The van der Waals surface area contributed by atoms with E-state index in [4.69, 9.17) is 14.6 Å². The summed E-state index contributed by atoms with van der Waals surface area (Å²) in [5.74, 6) is -2.04. The number of carboxylic acids is 1. The number of aliphatic carboxylic acids is 1. The molecule has 0 bridgehead atoms. The number of halogens is 1. The van der Waals surface area contributed by atoms with Crippen molar-refractivity contribution in [2.24, 2.45) is 0 Å². The number of nitrogens with zero attached hydrogens (tertiary/aromatic N) is 2. The average molecular weight is 342 g/mol. The Morgan fingerprint density at radius 2 is 2.21 bits per heavy atom. The van der Waals surface area contributed by atoms with Crippen molar-refractivity contribution in [1.82, 2.24) is 4.90 Å².